The third-order valence-corrected chi connectivity index (χ3v) is 7.31. The van der Waals surface area contributed by atoms with Crippen molar-refractivity contribution in [3.63, 3.8) is 0 Å². The van der Waals surface area contributed by atoms with Crippen LogP contribution in [0.2, 0.25) is 0 Å². The third-order valence-electron chi connectivity index (χ3n) is 7.31. The average Bonchev–Trinajstić information content (AvgIpc) is 3.48. The number of fused-ring (bicyclic) bond motifs is 1. The first-order valence-corrected chi connectivity index (χ1v) is 11.2. The molecular weight excluding hydrogens is 378 g/mol. The van der Waals surface area contributed by atoms with Gasteiger partial charge in [0.15, 0.2) is 0 Å². The van der Waals surface area contributed by atoms with Crippen molar-refractivity contribution < 1.29 is 14.1 Å². The number of likely N-dealkylation sites (tertiary alicyclic amines) is 2. The highest BCUT2D eigenvalue weighted by molar-refractivity contribution is 5.95. The molecule has 2 aliphatic heterocycles. The molecule has 158 valence electrons. The van der Waals surface area contributed by atoms with E-state index in [9.17, 15) is 9.59 Å². The zero-order valence-electron chi connectivity index (χ0n) is 17.5. The van der Waals surface area contributed by atoms with Crippen LogP contribution < -0.4 is 0 Å². The minimum absolute atomic E-state index is 0.0258. The molecule has 3 heterocycles. The molecule has 3 atom stereocenters. The fourth-order valence-electron chi connectivity index (χ4n) is 5.78. The molecule has 1 aromatic heterocycles. The number of hydrogen-bond donors (Lipinski definition) is 0. The van der Waals surface area contributed by atoms with Gasteiger partial charge in [-0.2, -0.15) is 0 Å². The molecule has 6 nitrogen and oxygen atoms in total. The first-order chi connectivity index (χ1) is 14.6. The maximum Gasteiger partial charge on any atom is 0.259 e. The molecular formula is C24H29N3O3. The Bertz CT molecular complexity index is 919. The van der Waals surface area contributed by atoms with Gasteiger partial charge < -0.3 is 14.3 Å². The Morgan fingerprint density at radius 3 is 2.50 bits per heavy atom. The van der Waals surface area contributed by atoms with Crippen LogP contribution in [0.1, 0.15) is 59.8 Å². The molecule has 2 saturated heterocycles. The summed E-state index contributed by atoms with van der Waals surface area (Å²) in [7, 11) is 0. The van der Waals surface area contributed by atoms with Crippen molar-refractivity contribution in [3.05, 3.63) is 53.4 Å². The lowest BCUT2D eigenvalue weighted by Crippen LogP contribution is -2.40. The predicted molar refractivity (Wildman–Crippen MR) is 112 cm³/mol. The Morgan fingerprint density at radius 2 is 1.80 bits per heavy atom. The largest absolute Gasteiger partial charge is 0.361 e. The van der Waals surface area contributed by atoms with Gasteiger partial charge in [-0.3, -0.25) is 9.59 Å². The molecule has 0 unspecified atom stereocenters. The van der Waals surface area contributed by atoms with Gasteiger partial charge in [0.1, 0.15) is 11.3 Å². The standard InChI is InChI=1S/C24H29N3O3/c1-16-20(12-25-30-16)24(29)27-14-19-13-26(23(28)18-10-6-3-7-11-18)15-21(19)22(27)17-8-4-2-5-9-17/h2,4-5,8-9,12,18-19,21-22H,3,6-7,10-11,13-15H2,1H3/t19-,21-,22+/m0/s1. The zero-order valence-corrected chi connectivity index (χ0v) is 17.5. The number of amides is 2. The molecule has 3 fully saturated rings. The van der Waals surface area contributed by atoms with Crippen LogP contribution in [0.4, 0.5) is 0 Å². The smallest absolute Gasteiger partial charge is 0.259 e. The van der Waals surface area contributed by atoms with Gasteiger partial charge in [0.25, 0.3) is 5.91 Å². The van der Waals surface area contributed by atoms with Crippen LogP contribution >= 0.6 is 0 Å². The highest BCUT2D eigenvalue weighted by atomic mass is 16.5. The normalized spacial score (nSPS) is 26.8. The van der Waals surface area contributed by atoms with Crippen LogP contribution in [-0.4, -0.2) is 46.4 Å². The molecule has 5 rings (SSSR count). The van der Waals surface area contributed by atoms with E-state index in [0.29, 0.717) is 29.7 Å². The van der Waals surface area contributed by atoms with Gasteiger partial charge in [-0.25, -0.2) is 0 Å². The number of aromatic nitrogens is 1. The van der Waals surface area contributed by atoms with E-state index < -0.39 is 0 Å². The molecule has 1 aliphatic carbocycles. The Morgan fingerprint density at radius 1 is 1.03 bits per heavy atom. The molecule has 0 radical (unpaired) electrons. The summed E-state index contributed by atoms with van der Waals surface area (Å²) in [5, 5.41) is 3.80. The van der Waals surface area contributed by atoms with Gasteiger partial charge in [-0.05, 0) is 25.3 Å². The van der Waals surface area contributed by atoms with Gasteiger partial charge in [0, 0.05) is 37.4 Å². The summed E-state index contributed by atoms with van der Waals surface area (Å²) in [4.78, 5) is 30.6. The second kappa shape index (κ2) is 7.89. The van der Waals surface area contributed by atoms with E-state index in [1.165, 1.54) is 25.5 Å². The van der Waals surface area contributed by atoms with Crippen molar-refractivity contribution in [1.29, 1.82) is 0 Å². The quantitative estimate of drug-likeness (QED) is 0.775. The number of rotatable bonds is 3. The summed E-state index contributed by atoms with van der Waals surface area (Å²) in [6.45, 7) is 3.95. The summed E-state index contributed by atoms with van der Waals surface area (Å²) >= 11 is 0. The van der Waals surface area contributed by atoms with E-state index in [2.05, 4.69) is 22.2 Å². The fraction of sp³-hybridized carbons (Fsp3) is 0.542. The Labute approximate surface area is 177 Å². The van der Waals surface area contributed by atoms with E-state index in [-0.39, 0.29) is 23.8 Å². The fourth-order valence-corrected chi connectivity index (χ4v) is 5.78. The molecule has 1 saturated carbocycles. The van der Waals surface area contributed by atoms with Crippen molar-refractivity contribution in [2.75, 3.05) is 19.6 Å². The molecule has 0 bridgehead atoms. The Kier molecular flexibility index (Phi) is 5.09. The number of carbonyl (C=O) groups excluding carboxylic acids is 2. The summed E-state index contributed by atoms with van der Waals surface area (Å²) in [6.07, 6.45) is 7.18. The van der Waals surface area contributed by atoms with Crippen LogP contribution in [0.25, 0.3) is 0 Å². The molecule has 0 spiro atoms. The van der Waals surface area contributed by atoms with Crippen LogP contribution in [0.5, 0.6) is 0 Å². The van der Waals surface area contributed by atoms with E-state index >= 15 is 0 Å². The topological polar surface area (TPSA) is 66.7 Å². The third kappa shape index (κ3) is 3.32. The van der Waals surface area contributed by atoms with Gasteiger partial charge >= 0.3 is 0 Å². The molecule has 2 amide bonds. The molecule has 6 heteroatoms. The molecule has 2 aromatic rings. The first kappa shape index (κ1) is 19.3. The van der Waals surface area contributed by atoms with Crippen LogP contribution in [0.3, 0.4) is 0 Å². The average molecular weight is 408 g/mol. The minimum atomic E-state index is -0.0258. The predicted octanol–water partition coefficient (Wildman–Crippen LogP) is 3.84. The maximum absolute atomic E-state index is 13.4. The van der Waals surface area contributed by atoms with E-state index in [1.807, 2.05) is 23.1 Å². The van der Waals surface area contributed by atoms with Gasteiger partial charge in [0.2, 0.25) is 5.91 Å². The highest BCUT2D eigenvalue weighted by Gasteiger charge is 2.51. The number of benzene rings is 1. The number of aryl methyl sites for hydroxylation is 1. The van der Waals surface area contributed by atoms with Crippen molar-refractivity contribution >= 4 is 11.8 Å². The van der Waals surface area contributed by atoms with E-state index in [4.69, 9.17) is 4.52 Å². The van der Waals surface area contributed by atoms with Crippen molar-refractivity contribution in [3.8, 4) is 0 Å². The SMILES string of the molecule is Cc1oncc1C(=O)N1C[C@@H]2CN(C(=O)C3CCCCC3)C[C@@H]2[C@H]1c1ccccc1. The van der Waals surface area contributed by atoms with Crippen LogP contribution in [0.15, 0.2) is 41.1 Å². The molecule has 30 heavy (non-hydrogen) atoms. The first-order valence-electron chi connectivity index (χ1n) is 11.2. The summed E-state index contributed by atoms with van der Waals surface area (Å²) < 4.78 is 5.15. The lowest BCUT2D eigenvalue weighted by molar-refractivity contribution is -0.135. The number of nitrogens with zero attached hydrogens (tertiary/aromatic N) is 3. The Hall–Kier alpha value is -2.63. The zero-order chi connectivity index (χ0) is 20.7. The maximum atomic E-state index is 13.4. The van der Waals surface area contributed by atoms with Crippen molar-refractivity contribution in [2.24, 2.45) is 17.8 Å². The monoisotopic (exact) mass is 407 g/mol. The summed E-state index contributed by atoms with van der Waals surface area (Å²) in [5.41, 5.74) is 1.67. The van der Waals surface area contributed by atoms with Gasteiger partial charge in [-0.1, -0.05) is 54.8 Å². The summed E-state index contributed by atoms with van der Waals surface area (Å²) in [6, 6.07) is 10.2. The van der Waals surface area contributed by atoms with E-state index in [1.54, 1.807) is 6.92 Å². The molecule has 0 N–H and O–H groups in total. The lowest BCUT2D eigenvalue weighted by Gasteiger charge is -2.31. The summed E-state index contributed by atoms with van der Waals surface area (Å²) in [5.74, 6) is 1.64. The van der Waals surface area contributed by atoms with Crippen molar-refractivity contribution in [2.45, 2.75) is 45.1 Å². The van der Waals surface area contributed by atoms with Gasteiger partial charge in [-0.15, -0.1) is 0 Å². The van der Waals surface area contributed by atoms with Crippen LogP contribution in [-0.2, 0) is 4.79 Å². The number of hydrogen-bond acceptors (Lipinski definition) is 4. The van der Waals surface area contributed by atoms with Crippen molar-refractivity contribution in [1.82, 2.24) is 15.0 Å². The molecule has 1 aromatic carbocycles. The molecule has 3 aliphatic rings. The van der Waals surface area contributed by atoms with E-state index in [0.717, 1.165) is 31.5 Å². The second-order valence-corrected chi connectivity index (χ2v) is 9.11. The lowest BCUT2D eigenvalue weighted by atomic mass is 9.88. The minimum Gasteiger partial charge on any atom is -0.361 e. The number of carbonyl (C=O) groups is 2. The van der Waals surface area contributed by atoms with Gasteiger partial charge in [0.05, 0.1) is 12.2 Å². The van der Waals surface area contributed by atoms with Crippen LogP contribution in [0, 0.1) is 24.7 Å². The Balaban J connectivity index is 1.40. The second-order valence-electron chi connectivity index (χ2n) is 9.11. The highest BCUT2D eigenvalue weighted by Crippen LogP contribution is 2.46.